The molecule has 2 N–H and O–H groups in total. The lowest BCUT2D eigenvalue weighted by atomic mass is 10.1. The summed E-state index contributed by atoms with van der Waals surface area (Å²) in [7, 11) is 0. The Labute approximate surface area is 108 Å². The summed E-state index contributed by atoms with van der Waals surface area (Å²) in [4.78, 5) is 11.2. The summed E-state index contributed by atoms with van der Waals surface area (Å²) >= 11 is 5.79. The topological polar surface area (TPSA) is 57.8 Å². The van der Waals surface area contributed by atoms with E-state index in [1.807, 2.05) is 0 Å². The molecule has 0 saturated carbocycles. The molecule has 0 saturated heterocycles. The second kappa shape index (κ2) is 5.64. The molecular formula is C12H11ClFN3O. The van der Waals surface area contributed by atoms with Gasteiger partial charge in [0.1, 0.15) is 10.8 Å². The van der Waals surface area contributed by atoms with E-state index in [1.165, 1.54) is 12.3 Å². The van der Waals surface area contributed by atoms with Crippen LogP contribution in [0, 0.1) is 5.82 Å². The smallest absolute Gasteiger partial charge is 0.285 e. The first-order valence-corrected chi connectivity index (χ1v) is 5.76. The van der Waals surface area contributed by atoms with Crippen LogP contribution in [-0.2, 0) is 6.42 Å². The highest BCUT2D eigenvalue weighted by Crippen LogP contribution is 2.14. The van der Waals surface area contributed by atoms with Crippen molar-refractivity contribution in [3.05, 3.63) is 57.2 Å². The van der Waals surface area contributed by atoms with Gasteiger partial charge in [-0.2, -0.15) is 5.10 Å². The molecule has 18 heavy (non-hydrogen) atoms. The number of aromatic amines is 1. The highest BCUT2D eigenvalue weighted by Gasteiger charge is 2.05. The van der Waals surface area contributed by atoms with E-state index in [2.05, 4.69) is 15.5 Å². The van der Waals surface area contributed by atoms with Gasteiger partial charge in [0.15, 0.2) is 0 Å². The quantitative estimate of drug-likeness (QED) is 0.893. The maximum Gasteiger partial charge on any atom is 0.285 e. The average Bonchev–Trinajstić information content (AvgIpc) is 2.37. The van der Waals surface area contributed by atoms with E-state index in [-0.39, 0.29) is 10.8 Å². The maximum absolute atomic E-state index is 13.3. The number of H-pyrrole nitrogens is 1. The first-order valence-electron chi connectivity index (χ1n) is 5.39. The van der Waals surface area contributed by atoms with Crippen molar-refractivity contribution >= 4 is 17.3 Å². The maximum atomic E-state index is 13.3. The highest BCUT2D eigenvalue weighted by atomic mass is 35.5. The second-order valence-electron chi connectivity index (χ2n) is 3.69. The Hall–Kier alpha value is -1.88. The van der Waals surface area contributed by atoms with Gasteiger partial charge in [-0.1, -0.05) is 29.8 Å². The lowest BCUT2D eigenvalue weighted by Gasteiger charge is -2.07. The van der Waals surface area contributed by atoms with Crippen molar-refractivity contribution in [2.45, 2.75) is 6.42 Å². The number of anilines is 1. The van der Waals surface area contributed by atoms with Gasteiger partial charge in [-0.3, -0.25) is 4.79 Å². The molecule has 0 fully saturated rings. The molecule has 2 aromatic rings. The fourth-order valence-electron chi connectivity index (χ4n) is 1.54. The Morgan fingerprint density at radius 1 is 1.39 bits per heavy atom. The molecule has 1 aromatic carbocycles. The van der Waals surface area contributed by atoms with Crippen LogP contribution in [0.3, 0.4) is 0 Å². The molecule has 94 valence electrons. The lowest BCUT2D eigenvalue weighted by molar-refractivity contribution is 0.610. The molecule has 2 rings (SSSR count). The van der Waals surface area contributed by atoms with Crippen molar-refractivity contribution in [1.82, 2.24) is 10.2 Å². The van der Waals surface area contributed by atoms with Crippen molar-refractivity contribution in [3.63, 3.8) is 0 Å². The van der Waals surface area contributed by atoms with Gasteiger partial charge < -0.3 is 5.32 Å². The summed E-state index contributed by atoms with van der Waals surface area (Å²) in [6.45, 7) is 0.464. The van der Waals surface area contributed by atoms with Crippen LogP contribution in [-0.4, -0.2) is 16.7 Å². The third-order valence-corrected chi connectivity index (χ3v) is 2.84. The van der Waals surface area contributed by atoms with Crippen LogP contribution >= 0.6 is 11.6 Å². The Morgan fingerprint density at radius 2 is 2.17 bits per heavy atom. The van der Waals surface area contributed by atoms with Crippen LogP contribution in [0.5, 0.6) is 0 Å². The van der Waals surface area contributed by atoms with Crippen LogP contribution in [0.1, 0.15) is 5.56 Å². The molecule has 0 bridgehead atoms. The third kappa shape index (κ3) is 2.87. The standard InChI is InChI=1S/C12H11ClFN3O/c13-11-10(7-16-17-12(11)18)15-6-5-8-3-1-2-4-9(8)14/h1-4,7H,5-6H2,(H2,15,17,18). The molecule has 0 aliphatic heterocycles. The summed E-state index contributed by atoms with van der Waals surface area (Å²) in [5.74, 6) is -0.241. The predicted molar refractivity (Wildman–Crippen MR) is 68.5 cm³/mol. The molecule has 0 aliphatic carbocycles. The van der Waals surface area contributed by atoms with Gasteiger partial charge in [0.2, 0.25) is 0 Å². The normalized spacial score (nSPS) is 10.3. The Bertz CT molecular complexity index is 600. The van der Waals surface area contributed by atoms with E-state index in [1.54, 1.807) is 18.2 Å². The molecule has 0 spiro atoms. The number of hydrogen-bond acceptors (Lipinski definition) is 3. The fourth-order valence-corrected chi connectivity index (χ4v) is 1.70. The van der Waals surface area contributed by atoms with Crippen LogP contribution in [0.25, 0.3) is 0 Å². The monoisotopic (exact) mass is 267 g/mol. The largest absolute Gasteiger partial charge is 0.382 e. The Morgan fingerprint density at radius 3 is 2.94 bits per heavy atom. The van der Waals surface area contributed by atoms with Gasteiger partial charge in [-0.05, 0) is 18.1 Å². The summed E-state index contributed by atoms with van der Waals surface area (Å²) in [6, 6.07) is 6.55. The highest BCUT2D eigenvalue weighted by molar-refractivity contribution is 6.32. The van der Waals surface area contributed by atoms with E-state index < -0.39 is 5.56 Å². The van der Waals surface area contributed by atoms with Crippen molar-refractivity contribution < 1.29 is 4.39 Å². The van der Waals surface area contributed by atoms with Crippen molar-refractivity contribution in [3.8, 4) is 0 Å². The van der Waals surface area contributed by atoms with Crippen LogP contribution in [0.15, 0.2) is 35.3 Å². The minimum Gasteiger partial charge on any atom is -0.382 e. The summed E-state index contributed by atoms with van der Waals surface area (Å²) in [6.07, 6.45) is 1.92. The van der Waals surface area contributed by atoms with Crippen LogP contribution < -0.4 is 10.9 Å². The van der Waals surface area contributed by atoms with E-state index in [9.17, 15) is 9.18 Å². The molecular weight excluding hydrogens is 257 g/mol. The first kappa shape index (κ1) is 12.6. The van der Waals surface area contributed by atoms with E-state index in [4.69, 9.17) is 11.6 Å². The number of nitrogens with zero attached hydrogens (tertiary/aromatic N) is 1. The number of hydrogen-bond donors (Lipinski definition) is 2. The third-order valence-electron chi connectivity index (χ3n) is 2.46. The van der Waals surface area contributed by atoms with Gasteiger partial charge in [-0.25, -0.2) is 9.49 Å². The zero-order chi connectivity index (χ0) is 13.0. The van der Waals surface area contributed by atoms with E-state index in [0.717, 1.165) is 0 Å². The molecule has 1 heterocycles. The van der Waals surface area contributed by atoms with Gasteiger partial charge in [-0.15, -0.1) is 0 Å². The fraction of sp³-hybridized carbons (Fsp3) is 0.167. The number of nitrogens with one attached hydrogen (secondary N) is 2. The molecule has 0 unspecified atom stereocenters. The molecule has 1 aromatic heterocycles. The zero-order valence-electron chi connectivity index (χ0n) is 9.41. The molecule has 4 nitrogen and oxygen atoms in total. The SMILES string of the molecule is O=c1[nH]ncc(NCCc2ccccc2F)c1Cl. The Balaban J connectivity index is 1.99. The van der Waals surface area contributed by atoms with Crippen LogP contribution in [0.4, 0.5) is 10.1 Å². The first-order chi connectivity index (χ1) is 8.68. The molecule has 0 aliphatic rings. The summed E-state index contributed by atoms with van der Waals surface area (Å²) in [5, 5.41) is 8.85. The number of rotatable bonds is 4. The lowest BCUT2D eigenvalue weighted by Crippen LogP contribution is -2.13. The average molecular weight is 268 g/mol. The van der Waals surface area contributed by atoms with Gasteiger partial charge in [0.25, 0.3) is 5.56 Å². The van der Waals surface area contributed by atoms with E-state index >= 15 is 0 Å². The van der Waals surface area contributed by atoms with Crippen molar-refractivity contribution in [2.24, 2.45) is 0 Å². The van der Waals surface area contributed by atoms with Gasteiger partial charge >= 0.3 is 0 Å². The number of halogens is 2. The molecule has 0 amide bonds. The molecule has 0 radical (unpaired) electrons. The minimum atomic E-state index is -0.451. The molecule has 0 atom stereocenters. The van der Waals surface area contributed by atoms with E-state index in [0.29, 0.717) is 24.2 Å². The summed E-state index contributed by atoms with van der Waals surface area (Å²) in [5.41, 5.74) is 0.600. The van der Waals surface area contributed by atoms with Gasteiger partial charge in [0.05, 0.1) is 11.9 Å². The predicted octanol–water partition coefficient (Wildman–Crippen LogP) is 2.22. The Kier molecular flexibility index (Phi) is 3.94. The van der Waals surface area contributed by atoms with Crippen LogP contribution in [0.2, 0.25) is 5.02 Å². The molecule has 6 heteroatoms. The zero-order valence-corrected chi connectivity index (χ0v) is 10.2. The summed E-state index contributed by atoms with van der Waals surface area (Å²) < 4.78 is 13.3. The van der Waals surface area contributed by atoms with Gasteiger partial charge in [0, 0.05) is 6.54 Å². The second-order valence-corrected chi connectivity index (χ2v) is 4.07. The minimum absolute atomic E-state index is 0.0542. The number of aromatic nitrogens is 2. The number of benzene rings is 1. The van der Waals surface area contributed by atoms with Crippen molar-refractivity contribution in [2.75, 3.05) is 11.9 Å². The van der Waals surface area contributed by atoms with Crippen molar-refractivity contribution in [1.29, 1.82) is 0 Å².